The van der Waals surface area contributed by atoms with Gasteiger partial charge in [-0.2, -0.15) is 4.31 Å². The SMILES string of the molecule is O=S(=O)(C1CCOCC1)N1CCNCC12CCCCC2. The maximum absolute atomic E-state index is 13.1. The zero-order chi connectivity index (χ0) is 14.1. The Labute approximate surface area is 122 Å². The zero-order valence-electron chi connectivity index (χ0n) is 12.1. The smallest absolute Gasteiger partial charge is 0.217 e. The highest BCUT2D eigenvalue weighted by Gasteiger charge is 2.47. The minimum absolute atomic E-state index is 0.145. The normalized spacial score (nSPS) is 29.6. The van der Waals surface area contributed by atoms with Crippen molar-refractivity contribution in [2.45, 2.75) is 55.7 Å². The lowest BCUT2D eigenvalue weighted by atomic mass is 9.80. The number of rotatable bonds is 2. The Kier molecular flexibility index (Phi) is 4.36. The molecule has 3 rings (SSSR count). The summed E-state index contributed by atoms with van der Waals surface area (Å²) < 4.78 is 33.3. The Hall–Kier alpha value is -0.170. The van der Waals surface area contributed by atoms with Crippen LogP contribution in [0.2, 0.25) is 0 Å². The van der Waals surface area contributed by atoms with E-state index < -0.39 is 10.0 Å². The summed E-state index contributed by atoms with van der Waals surface area (Å²) in [5.74, 6) is 0. The molecule has 1 spiro atoms. The molecule has 2 aliphatic heterocycles. The predicted molar refractivity (Wildman–Crippen MR) is 78.2 cm³/mol. The third-order valence-electron chi connectivity index (χ3n) is 5.16. The summed E-state index contributed by atoms with van der Waals surface area (Å²) in [6.45, 7) is 3.42. The number of piperazine rings is 1. The van der Waals surface area contributed by atoms with E-state index in [0.29, 0.717) is 32.6 Å². The molecule has 2 saturated heterocycles. The standard InChI is InChI=1S/C14H26N2O3S/c17-20(18,13-4-10-19-11-5-13)16-9-8-15-12-14(16)6-2-1-3-7-14/h13,15H,1-12H2. The predicted octanol–water partition coefficient (Wildman–Crippen LogP) is 1.10. The zero-order valence-corrected chi connectivity index (χ0v) is 13.0. The molecule has 1 N–H and O–H groups in total. The van der Waals surface area contributed by atoms with Crippen LogP contribution in [-0.2, 0) is 14.8 Å². The fourth-order valence-corrected chi connectivity index (χ4v) is 6.29. The molecule has 0 aromatic carbocycles. The lowest BCUT2D eigenvalue weighted by Gasteiger charge is -2.49. The molecule has 3 fully saturated rings. The lowest BCUT2D eigenvalue weighted by Crippen LogP contribution is -2.65. The Morgan fingerprint density at radius 1 is 1.10 bits per heavy atom. The summed E-state index contributed by atoms with van der Waals surface area (Å²) in [6.07, 6.45) is 6.89. The van der Waals surface area contributed by atoms with E-state index in [9.17, 15) is 8.42 Å². The van der Waals surface area contributed by atoms with Crippen LogP contribution in [0, 0.1) is 0 Å². The van der Waals surface area contributed by atoms with Crippen molar-refractivity contribution >= 4 is 10.0 Å². The quantitative estimate of drug-likeness (QED) is 0.830. The second kappa shape index (κ2) is 5.91. The molecule has 0 amide bonds. The lowest BCUT2D eigenvalue weighted by molar-refractivity contribution is 0.0835. The van der Waals surface area contributed by atoms with Crippen LogP contribution < -0.4 is 5.32 Å². The van der Waals surface area contributed by atoms with Crippen molar-refractivity contribution in [2.75, 3.05) is 32.8 Å². The van der Waals surface area contributed by atoms with Crippen molar-refractivity contribution in [3.05, 3.63) is 0 Å². The van der Waals surface area contributed by atoms with Gasteiger partial charge in [-0.25, -0.2) is 8.42 Å². The molecule has 0 atom stereocenters. The molecule has 0 radical (unpaired) electrons. The number of nitrogens with zero attached hydrogens (tertiary/aromatic N) is 1. The van der Waals surface area contributed by atoms with Crippen molar-refractivity contribution in [1.29, 1.82) is 0 Å². The van der Waals surface area contributed by atoms with Gasteiger partial charge in [-0.15, -0.1) is 0 Å². The molecule has 0 aromatic rings. The van der Waals surface area contributed by atoms with Gasteiger partial charge in [0.25, 0.3) is 0 Å². The van der Waals surface area contributed by atoms with Crippen molar-refractivity contribution in [3.8, 4) is 0 Å². The largest absolute Gasteiger partial charge is 0.381 e. The number of ether oxygens (including phenoxy) is 1. The first-order valence-electron chi connectivity index (χ1n) is 7.95. The van der Waals surface area contributed by atoms with Gasteiger partial charge in [0.15, 0.2) is 0 Å². The van der Waals surface area contributed by atoms with Crippen LogP contribution in [0.25, 0.3) is 0 Å². The summed E-state index contributed by atoms with van der Waals surface area (Å²) in [6, 6.07) is 0. The molecule has 3 aliphatic rings. The average Bonchev–Trinajstić information content (AvgIpc) is 2.49. The number of hydrogen-bond acceptors (Lipinski definition) is 4. The van der Waals surface area contributed by atoms with Gasteiger partial charge in [-0.1, -0.05) is 19.3 Å². The Morgan fingerprint density at radius 2 is 1.80 bits per heavy atom. The summed E-state index contributed by atoms with van der Waals surface area (Å²) >= 11 is 0. The van der Waals surface area contributed by atoms with E-state index in [1.54, 1.807) is 0 Å². The van der Waals surface area contributed by atoms with Gasteiger partial charge < -0.3 is 10.1 Å². The molecule has 5 nitrogen and oxygen atoms in total. The molecule has 1 aliphatic carbocycles. The monoisotopic (exact) mass is 302 g/mol. The van der Waals surface area contributed by atoms with E-state index in [2.05, 4.69) is 5.32 Å². The van der Waals surface area contributed by atoms with Gasteiger partial charge >= 0.3 is 0 Å². The number of hydrogen-bond donors (Lipinski definition) is 1. The van der Waals surface area contributed by atoms with Crippen molar-refractivity contribution in [3.63, 3.8) is 0 Å². The molecule has 2 heterocycles. The van der Waals surface area contributed by atoms with Crippen LogP contribution >= 0.6 is 0 Å². The molecule has 20 heavy (non-hydrogen) atoms. The molecule has 0 bridgehead atoms. The summed E-state index contributed by atoms with van der Waals surface area (Å²) in [5.41, 5.74) is -0.145. The second-order valence-electron chi connectivity index (χ2n) is 6.39. The van der Waals surface area contributed by atoms with E-state index in [1.165, 1.54) is 6.42 Å². The van der Waals surface area contributed by atoms with E-state index in [1.807, 2.05) is 4.31 Å². The summed E-state index contributed by atoms with van der Waals surface area (Å²) in [5, 5.41) is 3.19. The van der Waals surface area contributed by atoms with Crippen molar-refractivity contribution in [1.82, 2.24) is 9.62 Å². The molecule has 0 aromatic heterocycles. The van der Waals surface area contributed by atoms with Crippen molar-refractivity contribution < 1.29 is 13.2 Å². The van der Waals surface area contributed by atoms with Crippen LogP contribution in [0.5, 0.6) is 0 Å². The van der Waals surface area contributed by atoms with E-state index >= 15 is 0 Å². The van der Waals surface area contributed by atoms with Crippen LogP contribution in [-0.4, -0.2) is 56.4 Å². The molecule has 6 heteroatoms. The first-order chi connectivity index (χ1) is 9.65. The maximum atomic E-state index is 13.1. The highest BCUT2D eigenvalue weighted by atomic mass is 32.2. The van der Waals surface area contributed by atoms with Crippen LogP contribution in [0.4, 0.5) is 0 Å². The van der Waals surface area contributed by atoms with Crippen molar-refractivity contribution in [2.24, 2.45) is 0 Å². The summed E-state index contributed by atoms with van der Waals surface area (Å²) in [7, 11) is -3.18. The molecule has 1 saturated carbocycles. The molecule has 116 valence electrons. The van der Waals surface area contributed by atoms with E-state index in [-0.39, 0.29) is 10.8 Å². The molecular formula is C14H26N2O3S. The van der Waals surface area contributed by atoms with Crippen LogP contribution in [0.1, 0.15) is 44.9 Å². The Bertz CT molecular complexity index is 417. The second-order valence-corrected chi connectivity index (χ2v) is 8.53. The van der Waals surface area contributed by atoms with E-state index in [4.69, 9.17) is 4.74 Å². The van der Waals surface area contributed by atoms with Gasteiger partial charge in [0.2, 0.25) is 10.0 Å². The molecule has 0 unspecified atom stereocenters. The van der Waals surface area contributed by atoms with Gasteiger partial charge in [0.1, 0.15) is 0 Å². The fraction of sp³-hybridized carbons (Fsp3) is 1.00. The first kappa shape index (κ1) is 14.8. The summed E-state index contributed by atoms with van der Waals surface area (Å²) in [4.78, 5) is 0. The number of nitrogens with one attached hydrogen (secondary N) is 1. The third kappa shape index (κ3) is 2.63. The van der Waals surface area contributed by atoms with Gasteiger partial charge in [-0.05, 0) is 25.7 Å². The minimum atomic E-state index is -3.18. The van der Waals surface area contributed by atoms with Crippen LogP contribution in [0.15, 0.2) is 0 Å². The van der Waals surface area contributed by atoms with E-state index in [0.717, 1.165) is 38.8 Å². The van der Waals surface area contributed by atoms with Gasteiger partial charge in [0.05, 0.1) is 5.25 Å². The van der Waals surface area contributed by atoms with Gasteiger partial charge in [-0.3, -0.25) is 0 Å². The minimum Gasteiger partial charge on any atom is -0.381 e. The Balaban J connectivity index is 1.84. The Morgan fingerprint density at radius 3 is 2.50 bits per heavy atom. The molecular weight excluding hydrogens is 276 g/mol. The highest BCUT2D eigenvalue weighted by molar-refractivity contribution is 7.89. The van der Waals surface area contributed by atoms with Crippen LogP contribution in [0.3, 0.4) is 0 Å². The highest BCUT2D eigenvalue weighted by Crippen LogP contribution is 2.38. The first-order valence-corrected chi connectivity index (χ1v) is 9.46. The third-order valence-corrected chi connectivity index (χ3v) is 7.65. The average molecular weight is 302 g/mol. The maximum Gasteiger partial charge on any atom is 0.217 e. The topological polar surface area (TPSA) is 58.6 Å². The number of sulfonamides is 1. The van der Waals surface area contributed by atoms with Gasteiger partial charge in [0, 0.05) is 38.4 Å². The fourth-order valence-electron chi connectivity index (χ4n) is 4.01.